The van der Waals surface area contributed by atoms with Crippen LogP contribution in [0.5, 0.6) is 5.75 Å². The van der Waals surface area contributed by atoms with Gasteiger partial charge in [0.05, 0.1) is 0 Å². The second-order valence-electron chi connectivity index (χ2n) is 10.1. The van der Waals surface area contributed by atoms with Crippen LogP contribution in [0.2, 0.25) is 0 Å². The fourth-order valence-corrected chi connectivity index (χ4v) is 3.80. The number of amides is 2. The summed E-state index contributed by atoms with van der Waals surface area (Å²) >= 11 is 1.13. The Labute approximate surface area is 196 Å². The van der Waals surface area contributed by atoms with Crippen LogP contribution in [0.15, 0.2) is 12.1 Å². The molecule has 1 aromatic rings. The quantitative estimate of drug-likeness (QED) is 0.527. The Kier molecular flexibility index (Phi) is 9.63. The molecule has 7 nitrogen and oxygen atoms in total. The highest BCUT2D eigenvalue weighted by Gasteiger charge is 2.27. The van der Waals surface area contributed by atoms with E-state index in [0.717, 1.165) is 28.5 Å². The summed E-state index contributed by atoms with van der Waals surface area (Å²) in [6.45, 7) is 15.8. The number of carbonyl (C=O) groups is 3. The molecule has 8 heteroatoms. The van der Waals surface area contributed by atoms with E-state index in [2.05, 4.69) is 5.32 Å². The number of aromatic hydroxyl groups is 1. The molecule has 32 heavy (non-hydrogen) atoms. The minimum atomic E-state index is -1.11. The zero-order valence-electron chi connectivity index (χ0n) is 20.5. The van der Waals surface area contributed by atoms with Gasteiger partial charge in [-0.2, -0.15) is 0 Å². The normalized spacial score (nSPS) is 12.9. The molecule has 0 radical (unpaired) electrons. The number of phenolic OH excluding ortho intramolecular Hbond substituents is 1. The molecule has 1 rings (SSSR count). The number of urea groups is 1. The molecule has 0 spiro atoms. The second kappa shape index (κ2) is 11.1. The van der Waals surface area contributed by atoms with E-state index in [1.165, 1.54) is 18.7 Å². The van der Waals surface area contributed by atoms with Crippen molar-refractivity contribution in [3.05, 3.63) is 28.8 Å². The second-order valence-corrected chi connectivity index (χ2v) is 11.4. The highest BCUT2D eigenvalue weighted by molar-refractivity contribution is 8.13. The average molecular weight is 467 g/mol. The van der Waals surface area contributed by atoms with Gasteiger partial charge in [0.2, 0.25) is 0 Å². The van der Waals surface area contributed by atoms with Crippen LogP contribution in [-0.4, -0.2) is 57.1 Å². The summed E-state index contributed by atoms with van der Waals surface area (Å²) in [5.74, 6) is -0.378. The summed E-state index contributed by atoms with van der Waals surface area (Å²) in [4.78, 5) is 36.6. The Morgan fingerprint density at radius 2 is 1.53 bits per heavy atom. The van der Waals surface area contributed by atoms with Gasteiger partial charge in [-0.05, 0) is 40.9 Å². The Bertz CT molecular complexity index is 805. The van der Waals surface area contributed by atoms with Crippen molar-refractivity contribution in [2.24, 2.45) is 0 Å². The topological polar surface area (TPSA) is 107 Å². The lowest BCUT2D eigenvalue weighted by Gasteiger charge is -2.29. The molecule has 180 valence electrons. The van der Waals surface area contributed by atoms with Crippen LogP contribution in [0.1, 0.15) is 72.1 Å². The van der Waals surface area contributed by atoms with Gasteiger partial charge in [-0.15, -0.1) is 0 Å². The highest BCUT2D eigenvalue weighted by atomic mass is 32.2. The first kappa shape index (κ1) is 27.8. The molecule has 0 aromatic heterocycles. The van der Waals surface area contributed by atoms with Gasteiger partial charge in [0.15, 0.2) is 5.12 Å². The molecule has 0 unspecified atom stereocenters. The van der Waals surface area contributed by atoms with E-state index in [9.17, 15) is 19.5 Å². The molecule has 1 aromatic carbocycles. The standard InChI is InChI=1S/C24H38N2O5S/c1-15(21(29)30)25-22(31)26(11-12-32-16(2)27)10-9-17-13-18(23(3,4)5)20(28)19(14-17)24(6,7)8/h13-15,28H,9-12H2,1-8H3,(H,25,31)(H,29,30)/t15-/m0/s1. The van der Waals surface area contributed by atoms with Gasteiger partial charge in [-0.3, -0.25) is 9.59 Å². The minimum Gasteiger partial charge on any atom is -0.507 e. The number of carboxylic acids is 1. The molecule has 0 aliphatic carbocycles. The van der Waals surface area contributed by atoms with Crippen LogP contribution in [-0.2, 0) is 26.8 Å². The van der Waals surface area contributed by atoms with Crippen LogP contribution in [0, 0.1) is 0 Å². The van der Waals surface area contributed by atoms with E-state index >= 15 is 0 Å². The lowest BCUT2D eigenvalue weighted by Crippen LogP contribution is -2.48. The van der Waals surface area contributed by atoms with Gasteiger partial charge >= 0.3 is 12.0 Å². The van der Waals surface area contributed by atoms with Crippen molar-refractivity contribution in [3.63, 3.8) is 0 Å². The maximum absolute atomic E-state index is 12.7. The molecule has 2 amide bonds. The van der Waals surface area contributed by atoms with Crippen LogP contribution >= 0.6 is 11.8 Å². The molecular weight excluding hydrogens is 428 g/mol. The summed E-state index contributed by atoms with van der Waals surface area (Å²) < 4.78 is 0. The lowest BCUT2D eigenvalue weighted by atomic mass is 9.78. The van der Waals surface area contributed by atoms with Crippen LogP contribution in [0.25, 0.3) is 0 Å². The summed E-state index contributed by atoms with van der Waals surface area (Å²) in [6.07, 6.45) is 0.534. The number of aliphatic carboxylic acids is 1. The number of rotatable bonds is 8. The van der Waals surface area contributed by atoms with Crippen molar-refractivity contribution in [2.75, 3.05) is 18.8 Å². The fourth-order valence-electron chi connectivity index (χ4n) is 3.20. The van der Waals surface area contributed by atoms with Gasteiger partial charge in [-0.25, -0.2) is 4.79 Å². The molecule has 0 bridgehead atoms. The zero-order valence-corrected chi connectivity index (χ0v) is 21.4. The zero-order chi connectivity index (χ0) is 24.9. The summed E-state index contributed by atoms with van der Waals surface area (Å²) in [5, 5.41) is 22.5. The van der Waals surface area contributed by atoms with Crippen molar-refractivity contribution < 1.29 is 24.6 Å². The number of carboxylic acid groups (broad SMARTS) is 1. The maximum Gasteiger partial charge on any atom is 0.325 e. The molecule has 0 saturated carbocycles. The third-order valence-electron chi connectivity index (χ3n) is 5.12. The summed E-state index contributed by atoms with van der Waals surface area (Å²) in [7, 11) is 0. The average Bonchev–Trinajstić information content (AvgIpc) is 2.62. The van der Waals surface area contributed by atoms with E-state index < -0.39 is 18.0 Å². The first-order valence-corrected chi connectivity index (χ1v) is 11.8. The smallest absolute Gasteiger partial charge is 0.325 e. The van der Waals surface area contributed by atoms with E-state index in [0.29, 0.717) is 31.0 Å². The predicted octanol–water partition coefficient (Wildman–Crippen LogP) is 4.29. The molecule has 0 heterocycles. The molecule has 3 N–H and O–H groups in total. The van der Waals surface area contributed by atoms with Crippen LogP contribution in [0.4, 0.5) is 4.79 Å². The number of benzene rings is 1. The first-order chi connectivity index (χ1) is 14.5. The van der Waals surface area contributed by atoms with Crippen LogP contribution in [0.3, 0.4) is 0 Å². The van der Waals surface area contributed by atoms with Crippen molar-refractivity contribution in [1.29, 1.82) is 0 Å². The monoisotopic (exact) mass is 466 g/mol. The summed E-state index contributed by atoms with van der Waals surface area (Å²) in [6, 6.07) is 2.46. The number of thioether (sulfide) groups is 1. The Hall–Kier alpha value is -2.22. The Balaban J connectivity index is 3.17. The Morgan fingerprint density at radius 3 is 1.94 bits per heavy atom. The molecule has 0 aliphatic heterocycles. The number of nitrogens with zero attached hydrogens (tertiary/aromatic N) is 1. The van der Waals surface area contributed by atoms with Gasteiger partial charge in [-0.1, -0.05) is 65.4 Å². The van der Waals surface area contributed by atoms with Crippen LogP contribution < -0.4 is 5.32 Å². The number of hydrogen-bond acceptors (Lipinski definition) is 5. The number of phenols is 1. The molecule has 0 fully saturated rings. The maximum atomic E-state index is 12.7. The highest BCUT2D eigenvalue weighted by Crippen LogP contribution is 2.39. The van der Waals surface area contributed by atoms with E-state index in [1.807, 2.05) is 53.7 Å². The minimum absolute atomic E-state index is 0.0348. The van der Waals surface area contributed by atoms with E-state index in [-0.39, 0.29) is 15.9 Å². The molecule has 0 saturated heterocycles. The van der Waals surface area contributed by atoms with E-state index in [1.54, 1.807) is 0 Å². The third-order valence-corrected chi connectivity index (χ3v) is 5.91. The Morgan fingerprint density at radius 1 is 1.03 bits per heavy atom. The van der Waals surface area contributed by atoms with Gasteiger partial charge in [0.1, 0.15) is 11.8 Å². The van der Waals surface area contributed by atoms with Gasteiger partial charge in [0, 0.05) is 25.8 Å². The van der Waals surface area contributed by atoms with E-state index in [4.69, 9.17) is 5.11 Å². The van der Waals surface area contributed by atoms with Gasteiger partial charge in [0.25, 0.3) is 0 Å². The molecular formula is C24H38N2O5S. The SMILES string of the molecule is CC(=O)SCCN(CCc1cc(C(C)(C)C)c(O)c(C(C)(C)C)c1)C(=O)N[C@@H](C)C(=O)O. The van der Waals surface area contributed by atoms with Crippen molar-refractivity contribution >= 4 is 28.9 Å². The van der Waals surface area contributed by atoms with Crippen molar-refractivity contribution in [2.45, 2.75) is 78.7 Å². The number of nitrogens with one attached hydrogen (secondary N) is 1. The molecule has 1 atom stereocenters. The summed E-state index contributed by atoms with van der Waals surface area (Å²) in [5.41, 5.74) is 2.17. The van der Waals surface area contributed by atoms with Gasteiger partial charge < -0.3 is 20.4 Å². The largest absolute Gasteiger partial charge is 0.507 e. The predicted molar refractivity (Wildman–Crippen MR) is 130 cm³/mol. The van der Waals surface area contributed by atoms with Crippen molar-refractivity contribution in [1.82, 2.24) is 10.2 Å². The van der Waals surface area contributed by atoms with Crippen molar-refractivity contribution in [3.8, 4) is 5.75 Å². The molecule has 0 aliphatic rings. The third kappa shape index (κ3) is 8.37. The fraction of sp³-hybridized carbons (Fsp3) is 0.625. The lowest BCUT2D eigenvalue weighted by molar-refractivity contribution is -0.138. The number of carbonyl (C=O) groups excluding carboxylic acids is 2. The number of hydrogen-bond donors (Lipinski definition) is 3. The first-order valence-electron chi connectivity index (χ1n) is 10.8.